The lowest BCUT2D eigenvalue weighted by Crippen LogP contribution is -2.44. The maximum Gasteiger partial charge on any atom is 0.191 e. The summed E-state index contributed by atoms with van der Waals surface area (Å²) in [6.07, 6.45) is 6.52. The van der Waals surface area contributed by atoms with E-state index in [0.717, 1.165) is 5.92 Å². The van der Waals surface area contributed by atoms with Crippen molar-refractivity contribution in [2.45, 2.75) is 71.4 Å². The van der Waals surface area contributed by atoms with Crippen LogP contribution in [0.15, 0.2) is 4.99 Å². The third-order valence-corrected chi connectivity index (χ3v) is 3.75. The Morgan fingerprint density at radius 1 is 1.24 bits per heavy atom. The Labute approximate surface area is 106 Å². The van der Waals surface area contributed by atoms with E-state index in [4.69, 9.17) is 5.73 Å². The van der Waals surface area contributed by atoms with Crippen LogP contribution in [0.1, 0.15) is 59.8 Å². The normalized spacial score (nSPS) is 27.0. The third-order valence-electron chi connectivity index (χ3n) is 3.75. The average molecular weight is 239 g/mol. The van der Waals surface area contributed by atoms with E-state index in [1.807, 2.05) is 0 Å². The second-order valence-electron chi connectivity index (χ2n) is 6.33. The molecule has 0 radical (unpaired) electrons. The zero-order valence-electron chi connectivity index (χ0n) is 12.2. The lowest BCUT2D eigenvalue weighted by atomic mass is 9.84. The van der Waals surface area contributed by atoms with Gasteiger partial charge in [0, 0.05) is 13.1 Å². The van der Waals surface area contributed by atoms with Crippen LogP contribution in [-0.4, -0.2) is 29.5 Å². The van der Waals surface area contributed by atoms with E-state index in [-0.39, 0.29) is 5.54 Å². The van der Waals surface area contributed by atoms with Crippen LogP contribution in [0.25, 0.3) is 0 Å². The van der Waals surface area contributed by atoms with Gasteiger partial charge in [-0.3, -0.25) is 0 Å². The molecule has 0 saturated heterocycles. The molecular formula is C14H29N3. The number of nitrogens with two attached hydrogens (primary N) is 1. The Balaban J connectivity index is 2.54. The van der Waals surface area contributed by atoms with Gasteiger partial charge in [0.1, 0.15) is 0 Å². The minimum atomic E-state index is -0.0844. The number of nitrogens with zero attached hydrogens (tertiary/aromatic N) is 2. The van der Waals surface area contributed by atoms with E-state index < -0.39 is 0 Å². The summed E-state index contributed by atoms with van der Waals surface area (Å²) in [4.78, 5) is 6.72. The SMILES string of the molecule is CCC1CCC(N(C)C(N)=NC(C)(C)C)CC1. The van der Waals surface area contributed by atoms with Crippen molar-refractivity contribution in [3.63, 3.8) is 0 Å². The second kappa shape index (κ2) is 5.74. The molecule has 3 heteroatoms. The summed E-state index contributed by atoms with van der Waals surface area (Å²) >= 11 is 0. The van der Waals surface area contributed by atoms with Crippen molar-refractivity contribution in [3.8, 4) is 0 Å². The third kappa shape index (κ3) is 4.57. The van der Waals surface area contributed by atoms with Gasteiger partial charge in [-0.25, -0.2) is 4.99 Å². The average Bonchev–Trinajstić information content (AvgIpc) is 2.26. The van der Waals surface area contributed by atoms with Crippen molar-refractivity contribution in [1.82, 2.24) is 4.90 Å². The smallest absolute Gasteiger partial charge is 0.191 e. The van der Waals surface area contributed by atoms with Crippen LogP contribution in [0.4, 0.5) is 0 Å². The van der Waals surface area contributed by atoms with Crippen molar-refractivity contribution in [3.05, 3.63) is 0 Å². The first kappa shape index (κ1) is 14.3. The first-order chi connectivity index (χ1) is 7.83. The van der Waals surface area contributed by atoms with Crippen LogP contribution in [0.3, 0.4) is 0 Å². The van der Waals surface area contributed by atoms with Crippen LogP contribution in [-0.2, 0) is 0 Å². The summed E-state index contributed by atoms with van der Waals surface area (Å²) < 4.78 is 0. The van der Waals surface area contributed by atoms with Gasteiger partial charge in [-0.1, -0.05) is 13.3 Å². The van der Waals surface area contributed by atoms with Gasteiger partial charge in [0.25, 0.3) is 0 Å². The molecule has 0 heterocycles. The Morgan fingerprint density at radius 2 is 1.76 bits per heavy atom. The van der Waals surface area contributed by atoms with Gasteiger partial charge in [-0.2, -0.15) is 0 Å². The van der Waals surface area contributed by atoms with Crippen molar-refractivity contribution in [1.29, 1.82) is 0 Å². The monoisotopic (exact) mass is 239 g/mol. The summed E-state index contributed by atoms with van der Waals surface area (Å²) in [5, 5.41) is 0. The maximum absolute atomic E-state index is 6.08. The van der Waals surface area contributed by atoms with Crippen molar-refractivity contribution < 1.29 is 0 Å². The molecule has 1 aliphatic rings. The Bertz CT molecular complexity index is 257. The van der Waals surface area contributed by atoms with Crippen LogP contribution in [0.2, 0.25) is 0 Å². The Kier molecular flexibility index (Phi) is 4.84. The highest BCUT2D eigenvalue weighted by Crippen LogP contribution is 2.28. The standard InChI is InChI=1S/C14H29N3/c1-6-11-7-9-12(10-8-11)17(5)13(15)16-14(2,3)4/h11-12H,6-10H2,1-5H3,(H2,15,16). The molecule has 1 aliphatic carbocycles. The molecule has 1 fully saturated rings. The van der Waals surface area contributed by atoms with Gasteiger partial charge in [0.2, 0.25) is 0 Å². The molecule has 2 N–H and O–H groups in total. The molecule has 3 nitrogen and oxygen atoms in total. The quantitative estimate of drug-likeness (QED) is 0.594. The Hall–Kier alpha value is -0.730. The highest BCUT2D eigenvalue weighted by molar-refractivity contribution is 5.78. The number of hydrogen-bond acceptors (Lipinski definition) is 1. The van der Waals surface area contributed by atoms with Crippen LogP contribution >= 0.6 is 0 Å². The van der Waals surface area contributed by atoms with Gasteiger partial charge in [-0.05, 0) is 52.4 Å². The Morgan fingerprint density at radius 3 is 2.18 bits per heavy atom. The largest absolute Gasteiger partial charge is 0.370 e. The molecule has 0 amide bonds. The molecule has 0 aromatic heterocycles. The van der Waals surface area contributed by atoms with E-state index >= 15 is 0 Å². The predicted octanol–water partition coefficient (Wildman–Crippen LogP) is 3.00. The van der Waals surface area contributed by atoms with Crippen molar-refractivity contribution in [2.24, 2.45) is 16.6 Å². The minimum absolute atomic E-state index is 0.0844. The van der Waals surface area contributed by atoms with Crippen molar-refractivity contribution in [2.75, 3.05) is 7.05 Å². The summed E-state index contributed by atoms with van der Waals surface area (Å²) in [7, 11) is 2.08. The lowest BCUT2D eigenvalue weighted by molar-refractivity contribution is 0.224. The molecule has 0 spiro atoms. The van der Waals surface area contributed by atoms with E-state index in [2.05, 4.69) is 44.6 Å². The highest BCUT2D eigenvalue weighted by atomic mass is 15.3. The fourth-order valence-corrected chi connectivity index (χ4v) is 2.55. The molecule has 1 saturated carbocycles. The number of aliphatic imine (C=N–C) groups is 1. The maximum atomic E-state index is 6.08. The lowest BCUT2D eigenvalue weighted by Gasteiger charge is -2.35. The fraction of sp³-hybridized carbons (Fsp3) is 0.929. The molecule has 0 unspecified atom stereocenters. The summed E-state index contributed by atoms with van der Waals surface area (Å²) in [5.41, 5.74) is 5.99. The number of rotatable bonds is 2. The first-order valence-corrected chi connectivity index (χ1v) is 6.91. The van der Waals surface area contributed by atoms with Gasteiger partial charge in [0.05, 0.1) is 5.54 Å². The van der Waals surface area contributed by atoms with Gasteiger partial charge < -0.3 is 10.6 Å². The molecule has 0 atom stereocenters. The first-order valence-electron chi connectivity index (χ1n) is 6.91. The van der Waals surface area contributed by atoms with Crippen LogP contribution in [0, 0.1) is 5.92 Å². The molecular weight excluding hydrogens is 210 g/mol. The van der Waals surface area contributed by atoms with Crippen LogP contribution in [0.5, 0.6) is 0 Å². The summed E-state index contributed by atoms with van der Waals surface area (Å²) in [6, 6.07) is 0.587. The number of hydrogen-bond donors (Lipinski definition) is 1. The molecule has 0 aromatic rings. The van der Waals surface area contributed by atoms with Gasteiger partial charge in [0.15, 0.2) is 5.96 Å². The van der Waals surface area contributed by atoms with Crippen LogP contribution < -0.4 is 5.73 Å². The molecule has 0 bridgehead atoms. The summed E-state index contributed by atoms with van der Waals surface area (Å²) in [6.45, 7) is 8.55. The molecule has 1 rings (SSSR count). The molecule has 100 valence electrons. The molecule has 0 aromatic carbocycles. The van der Waals surface area contributed by atoms with E-state index in [0.29, 0.717) is 12.0 Å². The van der Waals surface area contributed by atoms with Gasteiger partial charge in [-0.15, -0.1) is 0 Å². The zero-order valence-corrected chi connectivity index (χ0v) is 12.2. The number of guanidine groups is 1. The minimum Gasteiger partial charge on any atom is -0.370 e. The van der Waals surface area contributed by atoms with E-state index in [1.54, 1.807) is 0 Å². The fourth-order valence-electron chi connectivity index (χ4n) is 2.55. The predicted molar refractivity (Wildman–Crippen MR) is 75.2 cm³/mol. The molecule has 17 heavy (non-hydrogen) atoms. The zero-order chi connectivity index (χ0) is 13.1. The second-order valence-corrected chi connectivity index (χ2v) is 6.33. The van der Waals surface area contributed by atoms with E-state index in [1.165, 1.54) is 32.1 Å². The highest BCUT2D eigenvalue weighted by Gasteiger charge is 2.24. The topological polar surface area (TPSA) is 41.6 Å². The van der Waals surface area contributed by atoms with Gasteiger partial charge >= 0.3 is 0 Å². The molecule has 0 aliphatic heterocycles. The summed E-state index contributed by atoms with van der Waals surface area (Å²) in [5.74, 6) is 1.62. The van der Waals surface area contributed by atoms with Crippen molar-refractivity contribution >= 4 is 5.96 Å². The van der Waals surface area contributed by atoms with E-state index in [9.17, 15) is 0 Å².